The second-order valence-electron chi connectivity index (χ2n) is 25.2. The van der Waals surface area contributed by atoms with Gasteiger partial charge in [-0.3, -0.25) is 14.4 Å². The first-order chi connectivity index (χ1) is 39.5. The highest BCUT2D eigenvalue weighted by molar-refractivity contribution is 5.71. The van der Waals surface area contributed by atoms with Gasteiger partial charge in [-0.2, -0.15) is 0 Å². The zero-order valence-electron chi connectivity index (χ0n) is 54.6. The van der Waals surface area contributed by atoms with E-state index in [9.17, 15) is 14.4 Å². The third kappa shape index (κ3) is 66.9. The van der Waals surface area contributed by atoms with Crippen LogP contribution in [0.2, 0.25) is 0 Å². The molecule has 0 fully saturated rings. The van der Waals surface area contributed by atoms with E-state index in [1.54, 1.807) is 0 Å². The molecule has 0 spiro atoms. The summed E-state index contributed by atoms with van der Waals surface area (Å²) in [7, 11) is 0. The lowest BCUT2D eigenvalue weighted by Gasteiger charge is -2.18. The van der Waals surface area contributed by atoms with Crippen LogP contribution in [0.1, 0.15) is 425 Å². The van der Waals surface area contributed by atoms with Gasteiger partial charge in [-0.15, -0.1) is 0 Å². The fourth-order valence-corrected chi connectivity index (χ4v) is 11.5. The van der Waals surface area contributed by atoms with Gasteiger partial charge in [0.2, 0.25) is 0 Å². The normalized spacial score (nSPS) is 12.0. The van der Waals surface area contributed by atoms with Gasteiger partial charge in [-0.05, 0) is 44.9 Å². The molecular formula is C74H142O6. The number of unbranched alkanes of at least 4 members (excludes halogenated alkanes) is 56. The molecule has 0 aliphatic carbocycles. The number of esters is 3. The van der Waals surface area contributed by atoms with Crippen molar-refractivity contribution in [3.63, 3.8) is 0 Å². The summed E-state index contributed by atoms with van der Waals surface area (Å²) in [6.07, 6.45) is 84.2. The van der Waals surface area contributed by atoms with Gasteiger partial charge in [0.15, 0.2) is 6.10 Å². The number of ether oxygens (including phenoxy) is 3. The SMILES string of the molecule is CCCCCCCCCC/C=C\CCCCCCCCCCCCCCCCCC(=O)OCC(COC(=O)CCCCCCCCCCC)OC(=O)CCCCCCCCCCCCCCCCCCCCCCCCCCCC. The minimum Gasteiger partial charge on any atom is -0.462 e. The second kappa shape index (κ2) is 69.6. The molecule has 0 saturated carbocycles. The number of carbonyl (C=O) groups excluding carboxylic acids is 3. The predicted molar refractivity (Wildman–Crippen MR) is 349 cm³/mol. The average Bonchev–Trinajstić information content (AvgIpc) is 3.46. The third-order valence-electron chi connectivity index (χ3n) is 17.0. The molecule has 0 aromatic rings. The van der Waals surface area contributed by atoms with Gasteiger partial charge < -0.3 is 14.2 Å². The Labute approximate surface area is 501 Å². The highest BCUT2D eigenvalue weighted by atomic mass is 16.6. The minimum atomic E-state index is -0.765. The summed E-state index contributed by atoms with van der Waals surface area (Å²) in [5.74, 6) is -0.830. The van der Waals surface area contributed by atoms with Crippen LogP contribution in [-0.4, -0.2) is 37.2 Å². The van der Waals surface area contributed by atoms with E-state index in [-0.39, 0.29) is 31.1 Å². The fraction of sp³-hybridized carbons (Fsp3) is 0.932. The topological polar surface area (TPSA) is 78.9 Å². The molecule has 80 heavy (non-hydrogen) atoms. The Morgan fingerprint density at radius 3 is 0.625 bits per heavy atom. The highest BCUT2D eigenvalue weighted by Gasteiger charge is 2.20. The van der Waals surface area contributed by atoms with Crippen LogP contribution in [0, 0.1) is 0 Å². The lowest BCUT2D eigenvalue weighted by atomic mass is 10.0. The molecule has 6 nitrogen and oxygen atoms in total. The summed E-state index contributed by atoms with van der Waals surface area (Å²) >= 11 is 0. The summed E-state index contributed by atoms with van der Waals surface area (Å²) in [6, 6.07) is 0. The maximum Gasteiger partial charge on any atom is 0.306 e. The molecular weight excluding hydrogens is 985 g/mol. The smallest absolute Gasteiger partial charge is 0.306 e. The Bertz CT molecular complexity index is 1250. The maximum absolute atomic E-state index is 12.9. The van der Waals surface area contributed by atoms with Gasteiger partial charge in [0.05, 0.1) is 0 Å². The molecule has 0 heterocycles. The van der Waals surface area contributed by atoms with Crippen molar-refractivity contribution in [1.29, 1.82) is 0 Å². The zero-order valence-corrected chi connectivity index (χ0v) is 54.6. The standard InChI is InChI=1S/C74H142O6/c1-4-7-10-13-16-19-21-23-25-27-29-31-33-35-37-39-40-42-44-46-48-50-52-55-58-61-64-67-73(76)79-70-71(69-78-72(75)66-63-60-57-54-18-15-12-9-6-3)80-74(77)68-65-62-59-56-53-51-49-47-45-43-41-38-36-34-32-30-28-26-24-22-20-17-14-11-8-5-2/h27,29,71H,4-26,28,30-70H2,1-3H3/b29-27-. The molecule has 0 aliphatic rings. The van der Waals surface area contributed by atoms with Gasteiger partial charge in [-0.25, -0.2) is 0 Å². The van der Waals surface area contributed by atoms with E-state index in [2.05, 4.69) is 32.9 Å². The highest BCUT2D eigenvalue weighted by Crippen LogP contribution is 2.19. The van der Waals surface area contributed by atoms with Crippen molar-refractivity contribution in [2.24, 2.45) is 0 Å². The Kier molecular flexibility index (Phi) is 68.0. The van der Waals surface area contributed by atoms with Crippen molar-refractivity contribution in [2.75, 3.05) is 13.2 Å². The van der Waals surface area contributed by atoms with Crippen molar-refractivity contribution in [1.82, 2.24) is 0 Å². The fourth-order valence-electron chi connectivity index (χ4n) is 11.5. The van der Waals surface area contributed by atoms with E-state index >= 15 is 0 Å². The number of rotatable bonds is 69. The van der Waals surface area contributed by atoms with Gasteiger partial charge in [0.25, 0.3) is 0 Å². The summed E-state index contributed by atoms with van der Waals surface area (Å²) in [5.41, 5.74) is 0. The van der Waals surface area contributed by atoms with Crippen LogP contribution in [0.3, 0.4) is 0 Å². The van der Waals surface area contributed by atoms with Crippen LogP contribution in [0.5, 0.6) is 0 Å². The zero-order chi connectivity index (χ0) is 57.8. The molecule has 0 amide bonds. The molecule has 0 aromatic carbocycles. The molecule has 6 heteroatoms. The monoisotopic (exact) mass is 1130 g/mol. The predicted octanol–water partition coefficient (Wildman–Crippen LogP) is 25.2. The third-order valence-corrected chi connectivity index (χ3v) is 17.0. The number of carbonyl (C=O) groups is 3. The van der Waals surface area contributed by atoms with Crippen molar-refractivity contribution in [3.8, 4) is 0 Å². The van der Waals surface area contributed by atoms with Crippen LogP contribution in [0.15, 0.2) is 12.2 Å². The Hall–Kier alpha value is -1.85. The Balaban J connectivity index is 4.06. The van der Waals surface area contributed by atoms with E-state index < -0.39 is 6.10 Å². The first-order valence-corrected chi connectivity index (χ1v) is 36.7. The first kappa shape index (κ1) is 78.1. The van der Waals surface area contributed by atoms with Crippen LogP contribution < -0.4 is 0 Å². The van der Waals surface area contributed by atoms with Crippen molar-refractivity contribution >= 4 is 17.9 Å². The molecule has 0 radical (unpaired) electrons. The van der Waals surface area contributed by atoms with Gasteiger partial charge in [0, 0.05) is 19.3 Å². The van der Waals surface area contributed by atoms with Gasteiger partial charge in [-0.1, -0.05) is 373 Å². The molecule has 474 valence electrons. The van der Waals surface area contributed by atoms with E-state index in [1.807, 2.05) is 0 Å². The summed E-state index contributed by atoms with van der Waals surface area (Å²) in [6.45, 7) is 6.71. The number of allylic oxidation sites excluding steroid dienone is 2. The maximum atomic E-state index is 12.9. The molecule has 0 aliphatic heterocycles. The molecule has 0 bridgehead atoms. The van der Waals surface area contributed by atoms with Crippen molar-refractivity contribution in [2.45, 2.75) is 431 Å². The van der Waals surface area contributed by atoms with E-state index in [0.717, 1.165) is 57.8 Å². The molecule has 1 unspecified atom stereocenters. The quantitative estimate of drug-likeness (QED) is 0.0261. The Morgan fingerprint density at radius 1 is 0.237 bits per heavy atom. The molecule has 0 rings (SSSR count). The van der Waals surface area contributed by atoms with Crippen LogP contribution >= 0.6 is 0 Å². The summed E-state index contributed by atoms with van der Waals surface area (Å²) in [4.78, 5) is 38.3. The van der Waals surface area contributed by atoms with Crippen LogP contribution in [-0.2, 0) is 28.6 Å². The molecule has 1 atom stereocenters. The van der Waals surface area contributed by atoms with E-state index in [1.165, 1.54) is 327 Å². The number of hydrogen-bond donors (Lipinski definition) is 0. The van der Waals surface area contributed by atoms with Gasteiger partial charge in [0.1, 0.15) is 13.2 Å². The van der Waals surface area contributed by atoms with Crippen molar-refractivity contribution < 1.29 is 28.6 Å². The molecule has 0 aromatic heterocycles. The van der Waals surface area contributed by atoms with Crippen LogP contribution in [0.4, 0.5) is 0 Å². The van der Waals surface area contributed by atoms with E-state index in [0.29, 0.717) is 19.3 Å². The molecule has 0 saturated heterocycles. The second-order valence-corrected chi connectivity index (χ2v) is 25.2. The summed E-state index contributed by atoms with van der Waals surface area (Å²) in [5, 5.41) is 0. The molecule has 0 N–H and O–H groups in total. The summed E-state index contributed by atoms with van der Waals surface area (Å²) < 4.78 is 17.0. The minimum absolute atomic E-state index is 0.0628. The van der Waals surface area contributed by atoms with Crippen LogP contribution in [0.25, 0.3) is 0 Å². The number of hydrogen-bond acceptors (Lipinski definition) is 6. The largest absolute Gasteiger partial charge is 0.462 e. The first-order valence-electron chi connectivity index (χ1n) is 36.7. The Morgan fingerprint density at radius 2 is 0.412 bits per heavy atom. The van der Waals surface area contributed by atoms with Gasteiger partial charge >= 0.3 is 17.9 Å². The average molecular weight is 1130 g/mol. The van der Waals surface area contributed by atoms with E-state index in [4.69, 9.17) is 14.2 Å². The van der Waals surface area contributed by atoms with Crippen molar-refractivity contribution in [3.05, 3.63) is 12.2 Å². The lowest BCUT2D eigenvalue weighted by Crippen LogP contribution is -2.30. The lowest BCUT2D eigenvalue weighted by molar-refractivity contribution is -0.167.